The number of piperazine rings is 1. The van der Waals surface area contributed by atoms with Crippen molar-refractivity contribution in [2.75, 3.05) is 49.2 Å². The predicted molar refractivity (Wildman–Crippen MR) is 118 cm³/mol. The summed E-state index contributed by atoms with van der Waals surface area (Å²) in [6.07, 6.45) is -5.12. The number of hydrogen-bond donors (Lipinski definition) is 1. The molecule has 1 saturated heterocycles. The van der Waals surface area contributed by atoms with Gasteiger partial charge in [0.05, 0.1) is 21.9 Å². The van der Waals surface area contributed by atoms with Crippen molar-refractivity contribution in [2.45, 2.75) is 24.4 Å². The number of rotatable bonds is 6. The van der Waals surface area contributed by atoms with Crippen molar-refractivity contribution in [3.8, 4) is 0 Å². The standard InChI is InChI=1S/C22H26F3N3O3S/c1-16-3-6-18(7-4-16)32(30,31)14-9-21(29)26-20-8-5-17(15-19(20)22(23,24)25)28-12-10-27(2)11-13-28/h3-8,15H,9-14H2,1-2H3,(H,26,29). The molecule has 0 saturated carbocycles. The van der Waals surface area contributed by atoms with Crippen LogP contribution in [0.4, 0.5) is 24.5 Å². The minimum Gasteiger partial charge on any atom is -0.369 e. The fourth-order valence-corrected chi connectivity index (χ4v) is 4.68. The van der Waals surface area contributed by atoms with E-state index in [-0.39, 0.29) is 10.6 Å². The number of halogens is 3. The third kappa shape index (κ3) is 6.01. The Bertz CT molecular complexity index is 1060. The highest BCUT2D eigenvalue weighted by molar-refractivity contribution is 7.91. The number of hydrogen-bond acceptors (Lipinski definition) is 5. The molecule has 0 spiro atoms. The highest BCUT2D eigenvalue weighted by Gasteiger charge is 2.35. The van der Waals surface area contributed by atoms with Crippen LogP contribution in [-0.2, 0) is 20.8 Å². The van der Waals surface area contributed by atoms with Crippen LogP contribution in [-0.4, -0.2) is 58.2 Å². The van der Waals surface area contributed by atoms with Crippen LogP contribution in [0.2, 0.25) is 0 Å². The van der Waals surface area contributed by atoms with Crippen molar-refractivity contribution in [1.82, 2.24) is 4.90 Å². The third-order valence-corrected chi connectivity index (χ3v) is 7.16. The van der Waals surface area contributed by atoms with E-state index in [1.165, 1.54) is 18.2 Å². The van der Waals surface area contributed by atoms with Crippen LogP contribution < -0.4 is 10.2 Å². The van der Waals surface area contributed by atoms with E-state index in [0.717, 1.165) is 24.7 Å². The Kier molecular flexibility index (Phi) is 7.14. The van der Waals surface area contributed by atoms with Crippen LogP contribution in [0.1, 0.15) is 17.5 Å². The minimum atomic E-state index is -4.67. The number of sulfone groups is 1. The summed E-state index contributed by atoms with van der Waals surface area (Å²) in [5.74, 6) is -1.29. The summed E-state index contributed by atoms with van der Waals surface area (Å²) < 4.78 is 65.8. The zero-order valence-corrected chi connectivity index (χ0v) is 18.8. The van der Waals surface area contributed by atoms with Gasteiger partial charge >= 0.3 is 6.18 Å². The first-order valence-electron chi connectivity index (χ1n) is 10.2. The zero-order valence-electron chi connectivity index (χ0n) is 17.9. The Balaban J connectivity index is 1.71. The summed E-state index contributed by atoms with van der Waals surface area (Å²) in [7, 11) is -1.77. The molecule has 0 radical (unpaired) electrons. The van der Waals surface area contributed by atoms with Crippen molar-refractivity contribution >= 4 is 27.1 Å². The van der Waals surface area contributed by atoms with Gasteiger partial charge in [-0.15, -0.1) is 0 Å². The van der Waals surface area contributed by atoms with Gasteiger partial charge in [0.15, 0.2) is 9.84 Å². The summed E-state index contributed by atoms with van der Waals surface area (Å²) in [6, 6.07) is 9.98. The maximum atomic E-state index is 13.7. The van der Waals surface area contributed by atoms with Gasteiger partial charge in [0.25, 0.3) is 0 Å². The first-order valence-corrected chi connectivity index (χ1v) is 11.8. The lowest BCUT2D eigenvalue weighted by atomic mass is 10.1. The molecule has 0 aromatic heterocycles. The van der Waals surface area contributed by atoms with Crippen LogP contribution >= 0.6 is 0 Å². The second-order valence-electron chi connectivity index (χ2n) is 7.95. The van der Waals surface area contributed by atoms with E-state index < -0.39 is 39.7 Å². The molecule has 0 atom stereocenters. The van der Waals surface area contributed by atoms with Crippen LogP contribution in [0.3, 0.4) is 0 Å². The topological polar surface area (TPSA) is 69.7 Å². The Morgan fingerprint density at radius 2 is 1.66 bits per heavy atom. The van der Waals surface area contributed by atoms with Gasteiger partial charge in [-0.1, -0.05) is 17.7 Å². The number of carbonyl (C=O) groups is 1. The van der Waals surface area contributed by atoms with E-state index in [2.05, 4.69) is 10.2 Å². The number of likely N-dealkylation sites (N-methyl/N-ethyl adjacent to an activating group) is 1. The third-order valence-electron chi connectivity index (χ3n) is 5.43. The number of benzene rings is 2. The molecule has 10 heteroatoms. The molecule has 3 rings (SSSR count). The second-order valence-corrected chi connectivity index (χ2v) is 10.1. The molecule has 1 amide bonds. The number of nitrogens with zero attached hydrogens (tertiary/aromatic N) is 2. The molecule has 1 N–H and O–H groups in total. The SMILES string of the molecule is Cc1ccc(S(=O)(=O)CCC(=O)Nc2ccc(N3CCN(C)CC3)cc2C(F)(F)F)cc1. The van der Waals surface area contributed by atoms with Gasteiger partial charge in [-0.05, 0) is 44.3 Å². The Hall–Kier alpha value is -2.59. The molecule has 32 heavy (non-hydrogen) atoms. The largest absolute Gasteiger partial charge is 0.418 e. The molecule has 1 aliphatic heterocycles. The van der Waals surface area contributed by atoms with Gasteiger partial charge in [-0.25, -0.2) is 8.42 Å². The highest BCUT2D eigenvalue weighted by Crippen LogP contribution is 2.37. The van der Waals surface area contributed by atoms with Gasteiger partial charge in [0.1, 0.15) is 0 Å². The fraction of sp³-hybridized carbons (Fsp3) is 0.409. The van der Waals surface area contributed by atoms with E-state index in [4.69, 9.17) is 0 Å². The molecule has 6 nitrogen and oxygen atoms in total. The number of alkyl halides is 3. The average Bonchev–Trinajstić information content (AvgIpc) is 2.73. The maximum absolute atomic E-state index is 13.7. The summed E-state index contributed by atoms with van der Waals surface area (Å²) in [5.41, 5.74) is -0.0106. The molecule has 2 aromatic rings. The maximum Gasteiger partial charge on any atom is 0.418 e. The predicted octanol–water partition coefficient (Wildman–Crippen LogP) is 3.57. The van der Waals surface area contributed by atoms with Gasteiger partial charge in [0.2, 0.25) is 5.91 Å². The van der Waals surface area contributed by atoms with E-state index in [0.29, 0.717) is 18.8 Å². The van der Waals surface area contributed by atoms with Crippen molar-refractivity contribution in [3.63, 3.8) is 0 Å². The number of aryl methyl sites for hydroxylation is 1. The van der Waals surface area contributed by atoms with E-state index >= 15 is 0 Å². The van der Waals surface area contributed by atoms with Crippen molar-refractivity contribution < 1.29 is 26.4 Å². The van der Waals surface area contributed by atoms with Crippen molar-refractivity contribution in [2.24, 2.45) is 0 Å². The number of nitrogens with one attached hydrogen (secondary N) is 1. The van der Waals surface area contributed by atoms with Crippen LogP contribution in [0.25, 0.3) is 0 Å². The van der Waals surface area contributed by atoms with Crippen LogP contribution in [0, 0.1) is 6.92 Å². The molecule has 1 heterocycles. The molecule has 174 valence electrons. The molecule has 0 bridgehead atoms. The summed E-state index contributed by atoms with van der Waals surface area (Å²) in [5, 5.41) is 2.24. The first kappa shape index (κ1) is 24.1. The number of amides is 1. The molecule has 0 unspecified atom stereocenters. The summed E-state index contributed by atoms with van der Waals surface area (Å²) >= 11 is 0. The lowest BCUT2D eigenvalue weighted by Crippen LogP contribution is -2.44. The van der Waals surface area contributed by atoms with Gasteiger partial charge in [-0.3, -0.25) is 4.79 Å². The number of carbonyl (C=O) groups excluding carboxylic acids is 1. The van der Waals surface area contributed by atoms with Crippen molar-refractivity contribution in [1.29, 1.82) is 0 Å². The van der Waals surface area contributed by atoms with E-state index in [1.807, 2.05) is 18.9 Å². The monoisotopic (exact) mass is 469 g/mol. The summed E-state index contributed by atoms with van der Waals surface area (Å²) in [4.78, 5) is 16.3. The second kappa shape index (κ2) is 9.50. The molecule has 0 aliphatic carbocycles. The smallest absolute Gasteiger partial charge is 0.369 e. The Morgan fingerprint density at radius 3 is 2.25 bits per heavy atom. The summed E-state index contributed by atoms with van der Waals surface area (Å²) in [6.45, 7) is 4.52. The zero-order chi connectivity index (χ0) is 23.5. The average molecular weight is 470 g/mol. The highest BCUT2D eigenvalue weighted by atomic mass is 32.2. The van der Waals surface area contributed by atoms with Crippen LogP contribution in [0.5, 0.6) is 0 Å². The van der Waals surface area contributed by atoms with Gasteiger partial charge in [0, 0.05) is 38.3 Å². The van der Waals surface area contributed by atoms with E-state index in [1.54, 1.807) is 18.2 Å². The fourth-order valence-electron chi connectivity index (χ4n) is 3.44. The molecule has 1 aliphatic rings. The normalized spacial score (nSPS) is 15.6. The van der Waals surface area contributed by atoms with E-state index in [9.17, 15) is 26.4 Å². The number of anilines is 2. The molecular formula is C22H26F3N3O3S. The minimum absolute atomic E-state index is 0.0726. The first-order chi connectivity index (χ1) is 15.0. The Morgan fingerprint density at radius 1 is 1.03 bits per heavy atom. The van der Waals surface area contributed by atoms with Crippen LogP contribution in [0.15, 0.2) is 47.4 Å². The van der Waals surface area contributed by atoms with Crippen molar-refractivity contribution in [3.05, 3.63) is 53.6 Å². The lowest BCUT2D eigenvalue weighted by Gasteiger charge is -2.34. The Labute approximate surface area is 185 Å². The molecule has 1 fully saturated rings. The quantitative estimate of drug-likeness (QED) is 0.701. The molecular weight excluding hydrogens is 443 g/mol. The van der Waals surface area contributed by atoms with Gasteiger partial charge < -0.3 is 15.1 Å². The lowest BCUT2D eigenvalue weighted by molar-refractivity contribution is -0.136. The van der Waals surface area contributed by atoms with Gasteiger partial charge in [-0.2, -0.15) is 13.2 Å². The molecule has 2 aromatic carbocycles.